The molecular weight excluding hydrogens is 176 g/mol. The third-order valence-electron chi connectivity index (χ3n) is 2.20. The highest BCUT2D eigenvalue weighted by Gasteiger charge is 1.97. The van der Waals surface area contributed by atoms with E-state index in [1.54, 1.807) is 13.2 Å². The number of hydrogen-bond donors (Lipinski definition) is 0. The molecule has 0 aromatic heterocycles. The third-order valence-corrected chi connectivity index (χ3v) is 2.20. The van der Waals surface area contributed by atoms with Crippen LogP contribution in [-0.2, 0) is 9.53 Å². The molecule has 1 atom stereocenters. The van der Waals surface area contributed by atoms with Crippen LogP contribution < -0.4 is 0 Å². The summed E-state index contributed by atoms with van der Waals surface area (Å²) in [7, 11) is 1.64. The number of carbonyl (C=O) groups is 1. The van der Waals surface area contributed by atoms with E-state index in [9.17, 15) is 4.79 Å². The number of hydrogen-bond acceptors (Lipinski definition) is 2. The molecular formula is C12H22O2. The quantitative estimate of drug-likeness (QED) is 0.442. The Morgan fingerprint density at radius 3 is 2.64 bits per heavy atom. The summed E-state index contributed by atoms with van der Waals surface area (Å²) in [5.74, 6) is 0.213. The number of ketones is 1. The van der Waals surface area contributed by atoms with Crippen LogP contribution in [0, 0.1) is 0 Å². The van der Waals surface area contributed by atoms with Crippen molar-refractivity contribution in [3.63, 3.8) is 0 Å². The zero-order chi connectivity index (χ0) is 10.8. The molecule has 0 amide bonds. The first kappa shape index (κ1) is 13.4. The Kier molecular flexibility index (Phi) is 8.54. The van der Waals surface area contributed by atoms with Gasteiger partial charge in [0, 0.05) is 13.5 Å². The summed E-state index contributed by atoms with van der Waals surface area (Å²) in [6.07, 6.45) is 8.77. The maximum Gasteiger partial charge on any atom is 0.155 e. The lowest BCUT2D eigenvalue weighted by Gasteiger charge is -2.01. The van der Waals surface area contributed by atoms with Gasteiger partial charge in [0.15, 0.2) is 5.78 Å². The molecule has 0 aliphatic heterocycles. The summed E-state index contributed by atoms with van der Waals surface area (Å²) in [6, 6.07) is 0. The average Bonchev–Trinajstić information content (AvgIpc) is 2.21. The molecule has 82 valence electrons. The highest BCUT2D eigenvalue weighted by atomic mass is 16.5. The maximum atomic E-state index is 11.3. The van der Waals surface area contributed by atoms with Crippen molar-refractivity contribution in [3.05, 3.63) is 12.2 Å². The molecule has 0 bridgehead atoms. The lowest BCUT2D eigenvalue weighted by molar-refractivity contribution is -0.114. The van der Waals surface area contributed by atoms with E-state index in [-0.39, 0.29) is 11.9 Å². The van der Waals surface area contributed by atoms with E-state index < -0.39 is 0 Å². The van der Waals surface area contributed by atoms with Gasteiger partial charge in [0.2, 0.25) is 0 Å². The standard InChI is InChI=1S/C12H22O2/c1-4-5-6-7-8-12(13)10-9-11(2)14-3/h9-11H,4-8H2,1-3H3/b10-9+. The topological polar surface area (TPSA) is 26.3 Å². The van der Waals surface area contributed by atoms with Crippen LogP contribution in [0.1, 0.15) is 46.0 Å². The van der Waals surface area contributed by atoms with Crippen molar-refractivity contribution in [1.82, 2.24) is 0 Å². The minimum absolute atomic E-state index is 0.0367. The largest absolute Gasteiger partial charge is 0.378 e. The molecule has 0 fully saturated rings. The molecule has 0 aromatic carbocycles. The highest BCUT2D eigenvalue weighted by Crippen LogP contribution is 2.03. The summed E-state index contributed by atoms with van der Waals surface area (Å²) < 4.78 is 5.00. The molecule has 0 radical (unpaired) electrons. The summed E-state index contributed by atoms with van der Waals surface area (Å²) in [4.78, 5) is 11.3. The Hall–Kier alpha value is -0.630. The van der Waals surface area contributed by atoms with Gasteiger partial charge in [-0.1, -0.05) is 32.3 Å². The van der Waals surface area contributed by atoms with Crippen molar-refractivity contribution >= 4 is 5.78 Å². The molecule has 0 heterocycles. The van der Waals surface area contributed by atoms with Crippen LogP contribution in [-0.4, -0.2) is 19.0 Å². The van der Waals surface area contributed by atoms with E-state index in [4.69, 9.17) is 4.74 Å². The van der Waals surface area contributed by atoms with Crippen molar-refractivity contribution < 1.29 is 9.53 Å². The molecule has 0 N–H and O–H groups in total. The van der Waals surface area contributed by atoms with Gasteiger partial charge < -0.3 is 4.74 Å². The molecule has 14 heavy (non-hydrogen) atoms. The van der Waals surface area contributed by atoms with Crippen LogP contribution >= 0.6 is 0 Å². The van der Waals surface area contributed by atoms with E-state index in [0.717, 1.165) is 12.8 Å². The van der Waals surface area contributed by atoms with Gasteiger partial charge in [0.1, 0.15) is 0 Å². The zero-order valence-electron chi connectivity index (χ0n) is 9.58. The predicted molar refractivity (Wildman–Crippen MR) is 59.4 cm³/mol. The van der Waals surface area contributed by atoms with Crippen molar-refractivity contribution in [2.24, 2.45) is 0 Å². The number of ether oxygens (including phenoxy) is 1. The molecule has 0 saturated carbocycles. The van der Waals surface area contributed by atoms with Crippen molar-refractivity contribution in [3.8, 4) is 0 Å². The number of unbranched alkanes of at least 4 members (excludes halogenated alkanes) is 3. The molecule has 0 aliphatic carbocycles. The summed E-state index contributed by atoms with van der Waals surface area (Å²) >= 11 is 0. The Labute approximate surface area is 87.3 Å². The second-order valence-corrected chi connectivity index (χ2v) is 3.58. The molecule has 2 nitrogen and oxygen atoms in total. The van der Waals surface area contributed by atoms with Crippen LogP contribution in [0.25, 0.3) is 0 Å². The fourth-order valence-electron chi connectivity index (χ4n) is 1.13. The van der Waals surface area contributed by atoms with Gasteiger partial charge in [-0.05, 0) is 19.4 Å². The van der Waals surface area contributed by atoms with Crippen LogP contribution in [0.4, 0.5) is 0 Å². The molecule has 0 saturated heterocycles. The SMILES string of the molecule is CCCCCCC(=O)/C=C/C(C)OC. The molecule has 0 spiro atoms. The second kappa shape index (κ2) is 8.95. The maximum absolute atomic E-state index is 11.3. The van der Waals surface area contributed by atoms with Gasteiger partial charge in [-0.2, -0.15) is 0 Å². The third kappa shape index (κ3) is 7.99. The first-order valence-electron chi connectivity index (χ1n) is 5.44. The molecule has 0 aliphatic rings. The van der Waals surface area contributed by atoms with Crippen LogP contribution in [0.5, 0.6) is 0 Å². The van der Waals surface area contributed by atoms with Crippen LogP contribution in [0.15, 0.2) is 12.2 Å². The summed E-state index contributed by atoms with van der Waals surface area (Å²) in [5, 5.41) is 0. The smallest absolute Gasteiger partial charge is 0.155 e. The van der Waals surface area contributed by atoms with Gasteiger partial charge in [0.25, 0.3) is 0 Å². The van der Waals surface area contributed by atoms with Crippen molar-refractivity contribution in [2.75, 3.05) is 7.11 Å². The summed E-state index contributed by atoms with van der Waals surface area (Å²) in [5.41, 5.74) is 0. The Morgan fingerprint density at radius 1 is 1.36 bits per heavy atom. The Bertz CT molecular complexity index is 173. The van der Waals surface area contributed by atoms with Crippen molar-refractivity contribution in [2.45, 2.75) is 52.1 Å². The molecule has 1 unspecified atom stereocenters. The van der Waals surface area contributed by atoms with Gasteiger partial charge >= 0.3 is 0 Å². The number of methoxy groups -OCH3 is 1. The fourth-order valence-corrected chi connectivity index (χ4v) is 1.13. The lowest BCUT2D eigenvalue weighted by atomic mass is 10.1. The minimum Gasteiger partial charge on any atom is -0.378 e. The van der Waals surface area contributed by atoms with E-state index in [1.807, 2.05) is 13.0 Å². The van der Waals surface area contributed by atoms with Gasteiger partial charge in [-0.15, -0.1) is 0 Å². The normalized spacial score (nSPS) is 13.4. The predicted octanol–water partition coefficient (Wildman–Crippen LogP) is 3.12. The first-order valence-corrected chi connectivity index (χ1v) is 5.44. The van der Waals surface area contributed by atoms with E-state index in [2.05, 4.69) is 6.92 Å². The van der Waals surface area contributed by atoms with Crippen molar-refractivity contribution in [1.29, 1.82) is 0 Å². The highest BCUT2D eigenvalue weighted by molar-refractivity contribution is 5.89. The average molecular weight is 198 g/mol. The van der Waals surface area contributed by atoms with E-state index in [0.29, 0.717) is 6.42 Å². The van der Waals surface area contributed by atoms with E-state index >= 15 is 0 Å². The molecule has 0 aromatic rings. The Morgan fingerprint density at radius 2 is 2.07 bits per heavy atom. The molecule has 2 heteroatoms. The monoisotopic (exact) mass is 198 g/mol. The molecule has 0 rings (SSSR count). The minimum atomic E-state index is 0.0367. The van der Waals surface area contributed by atoms with Gasteiger partial charge in [-0.25, -0.2) is 0 Å². The number of allylic oxidation sites excluding steroid dienone is 1. The van der Waals surface area contributed by atoms with Gasteiger partial charge in [-0.3, -0.25) is 4.79 Å². The van der Waals surface area contributed by atoms with Crippen LogP contribution in [0.3, 0.4) is 0 Å². The summed E-state index contributed by atoms with van der Waals surface area (Å²) in [6.45, 7) is 4.09. The van der Waals surface area contributed by atoms with Crippen LogP contribution in [0.2, 0.25) is 0 Å². The zero-order valence-corrected chi connectivity index (χ0v) is 9.58. The Balaban J connectivity index is 3.50. The van der Waals surface area contributed by atoms with Gasteiger partial charge in [0.05, 0.1) is 6.10 Å². The lowest BCUT2D eigenvalue weighted by Crippen LogP contribution is -2.01. The van der Waals surface area contributed by atoms with E-state index in [1.165, 1.54) is 12.8 Å². The first-order chi connectivity index (χ1) is 6.70. The second-order valence-electron chi connectivity index (χ2n) is 3.58. The number of carbonyl (C=O) groups excluding carboxylic acids is 1. The number of rotatable bonds is 8. The fraction of sp³-hybridized carbons (Fsp3) is 0.750.